The molecule has 0 heterocycles. The van der Waals surface area contributed by atoms with E-state index in [9.17, 15) is 4.39 Å². The molecule has 0 aromatic heterocycles. The molecule has 19 heavy (non-hydrogen) atoms. The Morgan fingerprint density at radius 3 is 2.79 bits per heavy atom. The number of halogens is 2. The fourth-order valence-electron chi connectivity index (χ4n) is 2.52. The standard InChI is InChI=1S/C15H21ClFNO/c1-3-19-15(10-4-5-10)14(18-2)9-11-8-12(17)6-7-13(11)16/h6-8,10,14-15,18H,3-5,9H2,1-2H3. The van der Waals surface area contributed by atoms with Crippen LogP contribution in [0.2, 0.25) is 5.02 Å². The van der Waals surface area contributed by atoms with Crippen LogP contribution in [0.5, 0.6) is 0 Å². The Bertz CT molecular complexity index is 423. The van der Waals surface area contributed by atoms with Gasteiger partial charge in [0.1, 0.15) is 5.82 Å². The number of ether oxygens (including phenoxy) is 1. The van der Waals surface area contributed by atoms with Gasteiger partial charge in [-0.15, -0.1) is 0 Å². The molecule has 4 heteroatoms. The average molecular weight is 286 g/mol. The fourth-order valence-corrected chi connectivity index (χ4v) is 2.71. The molecule has 1 aliphatic rings. The lowest BCUT2D eigenvalue weighted by Gasteiger charge is -2.27. The summed E-state index contributed by atoms with van der Waals surface area (Å²) in [5, 5.41) is 3.92. The van der Waals surface area contributed by atoms with Crippen molar-refractivity contribution in [3.8, 4) is 0 Å². The van der Waals surface area contributed by atoms with E-state index in [1.165, 1.54) is 25.0 Å². The first-order valence-electron chi connectivity index (χ1n) is 6.88. The molecule has 1 aromatic carbocycles. The van der Waals surface area contributed by atoms with Crippen LogP contribution in [-0.4, -0.2) is 25.8 Å². The number of nitrogens with one attached hydrogen (secondary N) is 1. The van der Waals surface area contributed by atoms with Crippen LogP contribution < -0.4 is 5.32 Å². The molecule has 0 aliphatic heterocycles. The first-order valence-corrected chi connectivity index (χ1v) is 7.26. The van der Waals surface area contributed by atoms with Crippen molar-refractivity contribution >= 4 is 11.6 Å². The van der Waals surface area contributed by atoms with Gasteiger partial charge in [-0.1, -0.05) is 11.6 Å². The Morgan fingerprint density at radius 1 is 1.47 bits per heavy atom. The number of hydrogen-bond donors (Lipinski definition) is 1. The van der Waals surface area contributed by atoms with Crippen molar-refractivity contribution in [2.45, 2.75) is 38.3 Å². The number of likely N-dealkylation sites (N-methyl/N-ethyl adjacent to an activating group) is 1. The lowest BCUT2D eigenvalue weighted by atomic mass is 9.98. The third kappa shape index (κ3) is 3.91. The Morgan fingerprint density at radius 2 is 2.21 bits per heavy atom. The maximum absolute atomic E-state index is 13.3. The van der Waals surface area contributed by atoms with Crippen molar-refractivity contribution in [2.75, 3.05) is 13.7 Å². The predicted molar refractivity (Wildman–Crippen MR) is 76.1 cm³/mol. The van der Waals surface area contributed by atoms with Crippen LogP contribution in [0.4, 0.5) is 4.39 Å². The molecule has 1 saturated carbocycles. The van der Waals surface area contributed by atoms with Crippen molar-refractivity contribution in [2.24, 2.45) is 5.92 Å². The van der Waals surface area contributed by atoms with Gasteiger partial charge in [0, 0.05) is 17.7 Å². The summed E-state index contributed by atoms with van der Waals surface area (Å²) in [5.74, 6) is 0.387. The van der Waals surface area contributed by atoms with Crippen LogP contribution in [0.15, 0.2) is 18.2 Å². The highest BCUT2D eigenvalue weighted by Crippen LogP contribution is 2.36. The minimum absolute atomic E-state index is 0.173. The maximum atomic E-state index is 13.3. The summed E-state index contributed by atoms with van der Waals surface area (Å²) < 4.78 is 19.2. The Hall–Kier alpha value is -0.640. The Balaban J connectivity index is 2.10. The summed E-state index contributed by atoms with van der Waals surface area (Å²) in [6.45, 7) is 2.72. The molecule has 0 radical (unpaired) electrons. The third-order valence-electron chi connectivity index (χ3n) is 3.66. The molecular formula is C15H21ClFNO. The van der Waals surface area contributed by atoms with Gasteiger partial charge in [0.05, 0.1) is 6.10 Å². The summed E-state index contributed by atoms with van der Waals surface area (Å²) in [4.78, 5) is 0. The van der Waals surface area contributed by atoms with E-state index in [1.807, 2.05) is 14.0 Å². The van der Waals surface area contributed by atoms with Crippen LogP contribution in [0.3, 0.4) is 0 Å². The maximum Gasteiger partial charge on any atom is 0.123 e. The summed E-state index contributed by atoms with van der Waals surface area (Å²) in [6, 6.07) is 4.70. The van der Waals surface area contributed by atoms with Crippen molar-refractivity contribution in [1.82, 2.24) is 5.32 Å². The molecule has 1 N–H and O–H groups in total. The number of rotatable bonds is 7. The monoisotopic (exact) mass is 285 g/mol. The average Bonchev–Trinajstić information content (AvgIpc) is 3.22. The quantitative estimate of drug-likeness (QED) is 0.829. The number of benzene rings is 1. The zero-order chi connectivity index (χ0) is 13.8. The van der Waals surface area contributed by atoms with Gasteiger partial charge in [-0.25, -0.2) is 4.39 Å². The van der Waals surface area contributed by atoms with E-state index in [-0.39, 0.29) is 18.0 Å². The second kappa shape index (κ2) is 6.69. The van der Waals surface area contributed by atoms with Gasteiger partial charge in [0.15, 0.2) is 0 Å². The zero-order valence-electron chi connectivity index (χ0n) is 11.5. The van der Waals surface area contributed by atoms with Crippen molar-refractivity contribution in [3.63, 3.8) is 0 Å². The second-order valence-corrected chi connectivity index (χ2v) is 5.50. The highest BCUT2D eigenvalue weighted by molar-refractivity contribution is 6.31. The lowest BCUT2D eigenvalue weighted by molar-refractivity contribution is 0.0211. The van der Waals surface area contributed by atoms with E-state index in [1.54, 1.807) is 6.07 Å². The third-order valence-corrected chi connectivity index (χ3v) is 4.03. The molecule has 0 spiro atoms. The van der Waals surface area contributed by atoms with E-state index in [4.69, 9.17) is 16.3 Å². The van der Waals surface area contributed by atoms with Crippen molar-refractivity contribution in [1.29, 1.82) is 0 Å². The molecule has 0 saturated heterocycles. The lowest BCUT2D eigenvalue weighted by Crippen LogP contribution is -2.42. The largest absolute Gasteiger partial charge is 0.377 e. The molecule has 0 bridgehead atoms. The fraction of sp³-hybridized carbons (Fsp3) is 0.600. The minimum Gasteiger partial charge on any atom is -0.377 e. The van der Waals surface area contributed by atoms with Crippen LogP contribution in [0.25, 0.3) is 0 Å². The summed E-state index contributed by atoms with van der Waals surface area (Å²) in [7, 11) is 1.92. The minimum atomic E-state index is -0.242. The van der Waals surface area contributed by atoms with Crippen molar-refractivity contribution in [3.05, 3.63) is 34.6 Å². The highest BCUT2D eigenvalue weighted by atomic mass is 35.5. The zero-order valence-corrected chi connectivity index (χ0v) is 12.2. The topological polar surface area (TPSA) is 21.3 Å². The molecule has 106 valence electrons. The van der Waals surface area contributed by atoms with Gasteiger partial charge in [0.25, 0.3) is 0 Å². The molecule has 2 rings (SSSR count). The van der Waals surface area contributed by atoms with Crippen molar-refractivity contribution < 1.29 is 9.13 Å². The van der Waals surface area contributed by atoms with Gasteiger partial charge in [0.2, 0.25) is 0 Å². The summed E-state index contributed by atoms with van der Waals surface area (Å²) >= 11 is 6.14. The molecule has 0 amide bonds. The predicted octanol–water partition coefficient (Wildman–Crippen LogP) is 3.42. The highest BCUT2D eigenvalue weighted by Gasteiger charge is 2.36. The first kappa shape index (κ1) is 14.8. The Labute approximate surface area is 119 Å². The van der Waals surface area contributed by atoms with Crippen LogP contribution >= 0.6 is 11.6 Å². The van der Waals surface area contributed by atoms with E-state index in [0.717, 1.165) is 5.56 Å². The molecular weight excluding hydrogens is 265 g/mol. The molecule has 1 aliphatic carbocycles. The second-order valence-electron chi connectivity index (χ2n) is 5.09. The van der Waals surface area contributed by atoms with Crippen LogP contribution in [-0.2, 0) is 11.2 Å². The molecule has 2 nitrogen and oxygen atoms in total. The van der Waals surface area contributed by atoms with Crippen LogP contribution in [0, 0.1) is 11.7 Å². The molecule has 2 unspecified atom stereocenters. The van der Waals surface area contributed by atoms with Gasteiger partial charge < -0.3 is 10.1 Å². The van der Waals surface area contributed by atoms with Gasteiger partial charge in [-0.05, 0) is 62.9 Å². The SMILES string of the molecule is CCOC(C1CC1)C(Cc1cc(F)ccc1Cl)NC. The van der Waals surface area contributed by atoms with E-state index >= 15 is 0 Å². The van der Waals surface area contributed by atoms with E-state index in [2.05, 4.69) is 5.32 Å². The Kier molecular flexibility index (Phi) is 5.20. The summed E-state index contributed by atoms with van der Waals surface area (Å²) in [6.07, 6.45) is 3.32. The number of hydrogen-bond acceptors (Lipinski definition) is 2. The smallest absolute Gasteiger partial charge is 0.123 e. The molecule has 2 atom stereocenters. The van der Waals surface area contributed by atoms with Gasteiger partial charge in [-0.2, -0.15) is 0 Å². The normalized spacial score (nSPS) is 18.3. The molecule has 1 aromatic rings. The molecule has 1 fully saturated rings. The summed E-state index contributed by atoms with van der Waals surface area (Å²) in [5.41, 5.74) is 0.839. The van der Waals surface area contributed by atoms with E-state index < -0.39 is 0 Å². The van der Waals surface area contributed by atoms with Gasteiger partial charge >= 0.3 is 0 Å². The van der Waals surface area contributed by atoms with Gasteiger partial charge in [-0.3, -0.25) is 0 Å². The van der Waals surface area contributed by atoms with Crippen LogP contribution in [0.1, 0.15) is 25.3 Å². The van der Waals surface area contributed by atoms with E-state index in [0.29, 0.717) is 24.0 Å². The first-order chi connectivity index (χ1) is 9.15.